The molecule has 0 heterocycles. The lowest BCUT2D eigenvalue weighted by Gasteiger charge is -2.26. The number of nitrogens with one attached hydrogen (secondary N) is 2. The number of carbonyl (C=O) groups is 2. The number of benzene rings is 1. The maximum Gasteiger partial charge on any atom is 0.251 e. The van der Waals surface area contributed by atoms with Crippen molar-refractivity contribution in [3.05, 3.63) is 34.9 Å². The Hall–Kier alpha value is -1.88. The minimum atomic E-state index is -0.795. The summed E-state index contributed by atoms with van der Waals surface area (Å²) in [6.45, 7) is 0.201. The molecule has 0 bridgehead atoms. The second-order valence-corrected chi connectivity index (χ2v) is 7.44. The molecule has 1 aromatic carbocycles. The number of aryl methyl sites for hydroxylation is 2. The van der Waals surface area contributed by atoms with E-state index in [1.54, 1.807) is 0 Å². The van der Waals surface area contributed by atoms with Crippen LogP contribution in [0.4, 0.5) is 0 Å². The molecular formula is C20H28N2O3. The Morgan fingerprint density at radius 3 is 2.44 bits per heavy atom. The third kappa shape index (κ3) is 4.82. The zero-order chi connectivity index (χ0) is 17.7. The molecule has 25 heavy (non-hydrogen) atoms. The van der Waals surface area contributed by atoms with Gasteiger partial charge in [0, 0.05) is 12.1 Å². The number of rotatable bonds is 5. The van der Waals surface area contributed by atoms with Crippen LogP contribution in [0, 0.1) is 0 Å². The first kappa shape index (κ1) is 17.9. The monoisotopic (exact) mass is 344 g/mol. The Bertz CT molecular complexity index is 634. The van der Waals surface area contributed by atoms with Crippen molar-refractivity contribution in [2.24, 2.45) is 0 Å². The lowest BCUT2D eigenvalue weighted by atomic mass is 9.94. The molecule has 0 spiro atoms. The van der Waals surface area contributed by atoms with Crippen LogP contribution < -0.4 is 10.6 Å². The average molecular weight is 344 g/mol. The topological polar surface area (TPSA) is 78.4 Å². The Morgan fingerprint density at radius 2 is 1.68 bits per heavy atom. The highest BCUT2D eigenvalue weighted by Gasteiger charge is 2.28. The van der Waals surface area contributed by atoms with E-state index < -0.39 is 5.60 Å². The summed E-state index contributed by atoms with van der Waals surface area (Å²) in [7, 11) is 0. The predicted octanol–water partition coefficient (Wildman–Crippen LogP) is 2.11. The second-order valence-electron chi connectivity index (χ2n) is 7.44. The molecule has 1 fully saturated rings. The van der Waals surface area contributed by atoms with Gasteiger partial charge < -0.3 is 15.7 Å². The average Bonchev–Trinajstić information content (AvgIpc) is 2.98. The molecule has 0 aliphatic heterocycles. The highest BCUT2D eigenvalue weighted by Crippen LogP contribution is 2.26. The van der Waals surface area contributed by atoms with Gasteiger partial charge in [-0.15, -0.1) is 0 Å². The summed E-state index contributed by atoms with van der Waals surface area (Å²) in [6.07, 6.45) is 9.01. The molecule has 2 aliphatic rings. The smallest absolute Gasteiger partial charge is 0.251 e. The standard InChI is InChI=1S/C20H28N2O3/c23-18(22-14-20(25)10-3-1-2-4-11-20)13-21-19(24)17-9-8-15-6-5-7-16(15)12-17/h8-9,12,25H,1-7,10-11,13-14H2,(H,21,24)(H,22,23). The van der Waals surface area contributed by atoms with Gasteiger partial charge in [0.25, 0.3) is 5.91 Å². The third-order valence-electron chi connectivity index (χ3n) is 5.42. The van der Waals surface area contributed by atoms with Gasteiger partial charge in [-0.05, 0) is 55.4 Å². The van der Waals surface area contributed by atoms with Crippen molar-refractivity contribution < 1.29 is 14.7 Å². The Morgan fingerprint density at radius 1 is 0.960 bits per heavy atom. The van der Waals surface area contributed by atoms with Gasteiger partial charge in [-0.25, -0.2) is 0 Å². The lowest BCUT2D eigenvalue weighted by Crippen LogP contribution is -2.45. The molecule has 3 N–H and O–H groups in total. The zero-order valence-electron chi connectivity index (χ0n) is 14.8. The van der Waals surface area contributed by atoms with E-state index in [0.717, 1.165) is 57.8 Å². The molecule has 2 amide bonds. The molecule has 3 rings (SSSR count). The second kappa shape index (κ2) is 8.00. The Kier molecular flexibility index (Phi) is 5.74. The molecule has 5 nitrogen and oxygen atoms in total. The van der Waals surface area contributed by atoms with Gasteiger partial charge in [0.15, 0.2) is 0 Å². The van der Waals surface area contributed by atoms with E-state index >= 15 is 0 Å². The van der Waals surface area contributed by atoms with Gasteiger partial charge >= 0.3 is 0 Å². The normalized spacial score (nSPS) is 18.9. The SMILES string of the molecule is O=C(CNC(=O)c1ccc2c(c1)CCC2)NCC1(O)CCCCCC1. The maximum absolute atomic E-state index is 12.2. The fourth-order valence-corrected chi connectivity index (χ4v) is 3.86. The van der Waals surface area contributed by atoms with E-state index in [2.05, 4.69) is 10.6 Å². The molecule has 0 aromatic heterocycles. The first-order valence-electron chi connectivity index (χ1n) is 9.45. The van der Waals surface area contributed by atoms with Crippen LogP contribution in [0.15, 0.2) is 18.2 Å². The minimum Gasteiger partial charge on any atom is -0.388 e. The fourth-order valence-electron chi connectivity index (χ4n) is 3.86. The van der Waals surface area contributed by atoms with Crippen molar-refractivity contribution in [2.75, 3.05) is 13.1 Å². The molecule has 136 valence electrons. The first-order chi connectivity index (χ1) is 12.1. The van der Waals surface area contributed by atoms with Gasteiger partial charge in [0.1, 0.15) is 0 Å². The molecule has 0 unspecified atom stereocenters. The van der Waals surface area contributed by atoms with Crippen molar-refractivity contribution in [2.45, 2.75) is 63.4 Å². The van der Waals surface area contributed by atoms with Crippen molar-refractivity contribution in [1.29, 1.82) is 0 Å². The van der Waals surface area contributed by atoms with Crippen molar-refractivity contribution >= 4 is 11.8 Å². The summed E-state index contributed by atoms with van der Waals surface area (Å²) < 4.78 is 0. The fraction of sp³-hybridized carbons (Fsp3) is 0.600. The van der Waals surface area contributed by atoms with E-state index in [4.69, 9.17) is 0 Å². The molecule has 5 heteroatoms. The molecule has 0 atom stereocenters. The van der Waals surface area contributed by atoms with Gasteiger partial charge in [-0.2, -0.15) is 0 Å². The van der Waals surface area contributed by atoms with Gasteiger partial charge in [0.05, 0.1) is 12.1 Å². The number of hydrogen-bond donors (Lipinski definition) is 3. The van der Waals surface area contributed by atoms with Crippen LogP contribution in [0.1, 0.15) is 66.4 Å². The van der Waals surface area contributed by atoms with Crippen molar-refractivity contribution in [1.82, 2.24) is 10.6 Å². The van der Waals surface area contributed by atoms with E-state index in [0.29, 0.717) is 5.56 Å². The van der Waals surface area contributed by atoms with Crippen molar-refractivity contribution in [3.63, 3.8) is 0 Å². The molecule has 1 aromatic rings. The molecule has 0 saturated heterocycles. The highest BCUT2D eigenvalue weighted by molar-refractivity contribution is 5.96. The van der Waals surface area contributed by atoms with Crippen molar-refractivity contribution in [3.8, 4) is 0 Å². The van der Waals surface area contributed by atoms with Crippen LogP contribution in [0.25, 0.3) is 0 Å². The summed E-state index contributed by atoms with van der Waals surface area (Å²) in [5.74, 6) is -0.481. The number of fused-ring (bicyclic) bond motifs is 1. The van der Waals surface area contributed by atoms with Gasteiger partial charge in [-0.1, -0.05) is 31.7 Å². The summed E-state index contributed by atoms with van der Waals surface area (Å²) >= 11 is 0. The highest BCUT2D eigenvalue weighted by atomic mass is 16.3. The summed E-state index contributed by atoms with van der Waals surface area (Å²) in [6, 6.07) is 5.77. The number of aliphatic hydroxyl groups is 1. The Labute approximate surface area is 149 Å². The largest absolute Gasteiger partial charge is 0.388 e. The number of hydrogen-bond acceptors (Lipinski definition) is 3. The zero-order valence-corrected chi connectivity index (χ0v) is 14.8. The summed E-state index contributed by atoms with van der Waals surface area (Å²) in [5, 5.41) is 16.0. The maximum atomic E-state index is 12.2. The quantitative estimate of drug-likeness (QED) is 0.716. The van der Waals surface area contributed by atoms with Crippen LogP contribution in [-0.2, 0) is 17.6 Å². The van der Waals surface area contributed by atoms with Crippen LogP contribution in [0.3, 0.4) is 0 Å². The van der Waals surface area contributed by atoms with E-state index in [-0.39, 0.29) is 24.9 Å². The van der Waals surface area contributed by atoms with Gasteiger partial charge in [0.2, 0.25) is 5.91 Å². The molecular weight excluding hydrogens is 316 g/mol. The Balaban J connectivity index is 1.44. The first-order valence-corrected chi connectivity index (χ1v) is 9.45. The molecule has 0 radical (unpaired) electrons. The molecule has 1 saturated carbocycles. The van der Waals surface area contributed by atoms with Gasteiger partial charge in [-0.3, -0.25) is 9.59 Å². The number of carbonyl (C=O) groups excluding carboxylic acids is 2. The van der Waals surface area contributed by atoms with Crippen LogP contribution >= 0.6 is 0 Å². The van der Waals surface area contributed by atoms with E-state index in [1.807, 2.05) is 18.2 Å². The summed E-state index contributed by atoms with van der Waals surface area (Å²) in [5.41, 5.74) is 2.38. The number of amides is 2. The van der Waals surface area contributed by atoms with Crippen LogP contribution in [-0.4, -0.2) is 35.6 Å². The van der Waals surface area contributed by atoms with E-state index in [1.165, 1.54) is 11.1 Å². The lowest BCUT2D eigenvalue weighted by molar-refractivity contribution is -0.121. The molecule has 2 aliphatic carbocycles. The van der Waals surface area contributed by atoms with Crippen LogP contribution in [0.2, 0.25) is 0 Å². The third-order valence-corrected chi connectivity index (χ3v) is 5.42. The summed E-state index contributed by atoms with van der Waals surface area (Å²) in [4.78, 5) is 24.2. The van der Waals surface area contributed by atoms with E-state index in [9.17, 15) is 14.7 Å². The van der Waals surface area contributed by atoms with Crippen LogP contribution in [0.5, 0.6) is 0 Å². The minimum absolute atomic E-state index is 0.0635. The predicted molar refractivity (Wildman–Crippen MR) is 96.5 cm³/mol.